The average molecular weight is 313 g/mol. The molecule has 6 heteroatoms. The lowest BCUT2D eigenvalue weighted by molar-refractivity contribution is 0.262. The predicted molar refractivity (Wildman–Crippen MR) is 88.4 cm³/mol. The highest BCUT2D eigenvalue weighted by atomic mass is 32.1. The number of aryl methyl sites for hydroxylation is 2. The zero-order valence-corrected chi connectivity index (χ0v) is 13.0. The lowest BCUT2D eigenvalue weighted by Crippen LogP contribution is -2.19. The van der Waals surface area contributed by atoms with E-state index >= 15 is 0 Å². The van der Waals surface area contributed by atoms with Gasteiger partial charge in [0, 0.05) is 5.69 Å². The highest BCUT2D eigenvalue weighted by Crippen LogP contribution is 2.33. The highest BCUT2D eigenvalue weighted by molar-refractivity contribution is 7.13. The van der Waals surface area contributed by atoms with Gasteiger partial charge in [-0.05, 0) is 37.4 Å². The van der Waals surface area contributed by atoms with Crippen molar-refractivity contribution >= 4 is 28.7 Å². The van der Waals surface area contributed by atoms with Crippen molar-refractivity contribution in [3.63, 3.8) is 0 Å². The van der Waals surface area contributed by atoms with Crippen LogP contribution >= 0.6 is 11.3 Å². The summed E-state index contributed by atoms with van der Waals surface area (Å²) in [5.74, 6) is 0.576. The Hall–Kier alpha value is -2.60. The highest BCUT2D eigenvalue weighted by Gasteiger charge is 2.18. The van der Waals surface area contributed by atoms with Gasteiger partial charge in [-0.1, -0.05) is 28.9 Å². The molecule has 2 aromatic heterocycles. The first-order valence-corrected chi connectivity index (χ1v) is 7.66. The Kier molecular flexibility index (Phi) is 3.93. The van der Waals surface area contributed by atoms with Crippen LogP contribution in [0.15, 0.2) is 46.3 Å². The van der Waals surface area contributed by atoms with Crippen molar-refractivity contribution in [1.29, 1.82) is 0 Å². The molecule has 0 unspecified atom stereocenters. The first kappa shape index (κ1) is 14.3. The second-order valence-corrected chi connectivity index (χ2v) is 5.84. The van der Waals surface area contributed by atoms with Crippen molar-refractivity contribution in [2.24, 2.45) is 0 Å². The Morgan fingerprint density at radius 1 is 1.14 bits per heavy atom. The Balaban J connectivity index is 1.77. The fourth-order valence-corrected chi connectivity index (χ4v) is 2.71. The van der Waals surface area contributed by atoms with Crippen LogP contribution in [-0.2, 0) is 0 Å². The largest absolute Gasteiger partial charge is 0.353 e. The predicted octanol–water partition coefficient (Wildman–Crippen LogP) is 4.66. The van der Waals surface area contributed by atoms with E-state index < -0.39 is 0 Å². The maximum absolute atomic E-state index is 12.2. The number of carbonyl (C=O) groups excluding carboxylic acids is 1. The summed E-state index contributed by atoms with van der Waals surface area (Å²) in [7, 11) is 0. The molecule has 112 valence electrons. The van der Waals surface area contributed by atoms with Crippen LogP contribution in [0, 0.1) is 13.8 Å². The summed E-state index contributed by atoms with van der Waals surface area (Å²) in [6.45, 7) is 3.79. The van der Waals surface area contributed by atoms with Crippen molar-refractivity contribution in [3.05, 3.63) is 53.0 Å². The number of hydrogen-bond acceptors (Lipinski definition) is 4. The molecule has 0 aliphatic rings. The summed E-state index contributed by atoms with van der Waals surface area (Å²) >= 11 is 1.53. The molecule has 22 heavy (non-hydrogen) atoms. The van der Waals surface area contributed by atoms with E-state index in [-0.39, 0.29) is 6.03 Å². The lowest BCUT2D eigenvalue weighted by Gasteiger charge is -2.07. The molecular formula is C16H15N3O2S. The van der Waals surface area contributed by atoms with E-state index in [9.17, 15) is 4.79 Å². The Bertz CT molecular complexity index is 776. The van der Waals surface area contributed by atoms with Crippen molar-refractivity contribution in [2.45, 2.75) is 13.8 Å². The second-order valence-electron chi connectivity index (χ2n) is 4.89. The number of nitrogens with one attached hydrogen (secondary N) is 2. The van der Waals surface area contributed by atoms with Crippen LogP contribution in [0.3, 0.4) is 0 Å². The topological polar surface area (TPSA) is 67.2 Å². The third-order valence-electron chi connectivity index (χ3n) is 3.16. The van der Waals surface area contributed by atoms with Gasteiger partial charge in [0.15, 0.2) is 0 Å². The van der Waals surface area contributed by atoms with Gasteiger partial charge < -0.3 is 15.2 Å². The van der Waals surface area contributed by atoms with Crippen molar-refractivity contribution in [3.8, 4) is 10.6 Å². The minimum atomic E-state index is -0.326. The van der Waals surface area contributed by atoms with Crippen molar-refractivity contribution < 1.29 is 9.32 Å². The number of aromatic nitrogens is 1. The van der Waals surface area contributed by atoms with E-state index in [2.05, 4.69) is 15.8 Å². The van der Waals surface area contributed by atoms with E-state index in [0.29, 0.717) is 17.1 Å². The number of anilines is 2. The number of carbonyl (C=O) groups is 1. The Labute approximate surface area is 132 Å². The third kappa shape index (κ3) is 3.01. The van der Waals surface area contributed by atoms with Crippen LogP contribution < -0.4 is 10.6 Å². The molecule has 0 saturated heterocycles. The standard InChI is InChI=1S/C16H15N3O2S/c1-10-5-7-12(8-6-10)17-16(20)18-14-11(2)19-21-15(14)13-4-3-9-22-13/h3-9H,1-2H3,(H2,17,18,20). The maximum atomic E-state index is 12.2. The first-order chi connectivity index (χ1) is 10.6. The molecule has 0 fully saturated rings. The minimum absolute atomic E-state index is 0.326. The number of benzene rings is 1. The monoisotopic (exact) mass is 313 g/mol. The number of amides is 2. The van der Waals surface area contributed by atoms with E-state index in [1.807, 2.05) is 48.7 Å². The normalized spacial score (nSPS) is 10.5. The molecular weight excluding hydrogens is 298 g/mol. The molecule has 0 aliphatic heterocycles. The lowest BCUT2D eigenvalue weighted by atomic mass is 10.2. The third-order valence-corrected chi connectivity index (χ3v) is 4.02. The molecule has 2 heterocycles. The molecule has 2 N–H and O–H groups in total. The molecule has 0 radical (unpaired) electrons. The van der Waals surface area contributed by atoms with Gasteiger partial charge in [0.2, 0.25) is 5.76 Å². The summed E-state index contributed by atoms with van der Waals surface area (Å²) < 4.78 is 5.32. The van der Waals surface area contributed by atoms with Gasteiger partial charge in [-0.15, -0.1) is 11.3 Å². The van der Waals surface area contributed by atoms with Gasteiger partial charge >= 0.3 is 6.03 Å². The summed E-state index contributed by atoms with van der Waals surface area (Å²) in [4.78, 5) is 13.1. The Morgan fingerprint density at radius 3 is 2.59 bits per heavy atom. The van der Waals surface area contributed by atoms with Crippen molar-refractivity contribution in [2.75, 3.05) is 10.6 Å². The molecule has 5 nitrogen and oxygen atoms in total. The van der Waals surface area contributed by atoms with Gasteiger partial charge in [0.05, 0.1) is 4.88 Å². The molecule has 0 bridgehead atoms. The van der Waals surface area contributed by atoms with Crippen LogP contribution in [0.5, 0.6) is 0 Å². The summed E-state index contributed by atoms with van der Waals surface area (Å²) in [6.07, 6.45) is 0. The van der Waals surface area contributed by atoms with Gasteiger partial charge in [-0.2, -0.15) is 0 Å². The van der Waals surface area contributed by atoms with Crippen LogP contribution in [0.25, 0.3) is 10.6 Å². The van der Waals surface area contributed by atoms with Crippen LogP contribution in [0.4, 0.5) is 16.2 Å². The molecule has 0 aliphatic carbocycles. The molecule has 0 spiro atoms. The number of nitrogens with zero attached hydrogens (tertiary/aromatic N) is 1. The molecule has 3 aromatic rings. The SMILES string of the molecule is Cc1ccc(NC(=O)Nc2c(C)noc2-c2cccs2)cc1. The van der Waals surface area contributed by atoms with Gasteiger partial charge in [-0.25, -0.2) is 4.79 Å². The smallest absolute Gasteiger partial charge is 0.323 e. The molecule has 0 atom stereocenters. The van der Waals surface area contributed by atoms with Gasteiger partial charge in [-0.3, -0.25) is 0 Å². The summed E-state index contributed by atoms with van der Waals surface area (Å²) in [5.41, 5.74) is 3.10. The average Bonchev–Trinajstić information content (AvgIpc) is 3.12. The van der Waals surface area contributed by atoms with Crippen LogP contribution in [0.2, 0.25) is 0 Å². The molecule has 3 rings (SSSR count). The van der Waals surface area contributed by atoms with Crippen LogP contribution in [0.1, 0.15) is 11.3 Å². The number of hydrogen-bond donors (Lipinski definition) is 2. The zero-order chi connectivity index (χ0) is 15.5. The molecule has 0 saturated carbocycles. The Morgan fingerprint density at radius 2 is 1.91 bits per heavy atom. The van der Waals surface area contributed by atoms with Crippen LogP contribution in [-0.4, -0.2) is 11.2 Å². The fraction of sp³-hybridized carbons (Fsp3) is 0.125. The zero-order valence-electron chi connectivity index (χ0n) is 12.2. The molecule has 2 amide bonds. The van der Waals surface area contributed by atoms with E-state index in [1.54, 1.807) is 6.92 Å². The summed E-state index contributed by atoms with van der Waals surface area (Å²) in [5, 5.41) is 11.5. The number of urea groups is 1. The second kappa shape index (κ2) is 6.03. The first-order valence-electron chi connectivity index (χ1n) is 6.78. The molecule has 1 aromatic carbocycles. The maximum Gasteiger partial charge on any atom is 0.323 e. The van der Waals surface area contributed by atoms with Gasteiger partial charge in [0.25, 0.3) is 0 Å². The van der Waals surface area contributed by atoms with E-state index in [1.165, 1.54) is 11.3 Å². The quantitative estimate of drug-likeness (QED) is 0.738. The fourth-order valence-electron chi connectivity index (χ4n) is 2.01. The van der Waals surface area contributed by atoms with E-state index in [0.717, 1.165) is 16.1 Å². The minimum Gasteiger partial charge on any atom is -0.353 e. The van der Waals surface area contributed by atoms with Crippen molar-refractivity contribution in [1.82, 2.24) is 5.16 Å². The number of rotatable bonds is 3. The van der Waals surface area contributed by atoms with Gasteiger partial charge in [0.1, 0.15) is 11.4 Å². The summed E-state index contributed by atoms with van der Waals surface area (Å²) in [6, 6.07) is 11.1. The number of thiophene rings is 1. The van der Waals surface area contributed by atoms with E-state index in [4.69, 9.17) is 4.52 Å².